The number of rotatable bonds is 3. The van der Waals surface area contributed by atoms with Gasteiger partial charge in [-0.15, -0.1) is 0 Å². The SMILES string of the molecule is O=C(NC1CCCC1C(=O)O)NN1CCCCC1. The molecule has 3 N–H and O–H groups in total. The van der Waals surface area contributed by atoms with Crippen LogP contribution in [-0.4, -0.2) is 41.2 Å². The highest BCUT2D eigenvalue weighted by Gasteiger charge is 2.34. The van der Waals surface area contributed by atoms with Crippen molar-refractivity contribution in [2.45, 2.75) is 44.6 Å². The molecule has 0 radical (unpaired) electrons. The van der Waals surface area contributed by atoms with Crippen molar-refractivity contribution in [1.82, 2.24) is 15.8 Å². The minimum Gasteiger partial charge on any atom is -0.481 e. The maximum Gasteiger partial charge on any atom is 0.329 e. The van der Waals surface area contributed by atoms with Gasteiger partial charge in [0, 0.05) is 19.1 Å². The van der Waals surface area contributed by atoms with Crippen molar-refractivity contribution < 1.29 is 14.7 Å². The lowest BCUT2D eigenvalue weighted by atomic mass is 10.0. The highest BCUT2D eigenvalue weighted by molar-refractivity contribution is 5.76. The molecule has 2 aliphatic rings. The average Bonchev–Trinajstić information content (AvgIpc) is 2.78. The predicted octanol–water partition coefficient (Wildman–Crippen LogP) is 0.940. The number of nitrogens with one attached hydrogen (secondary N) is 2. The second kappa shape index (κ2) is 6.04. The van der Waals surface area contributed by atoms with Crippen LogP contribution in [0.25, 0.3) is 0 Å². The van der Waals surface area contributed by atoms with Crippen molar-refractivity contribution in [3.63, 3.8) is 0 Å². The molecule has 2 fully saturated rings. The molecule has 0 aromatic rings. The summed E-state index contributed by atoms with van der Waals surface area (Å²) >= 11 is 0. The van der Waals surface area contributed by atoms with Gasteiger partial charge in [0.15, 0.2) is 0 Å². The molecule has 0 bridgehead atoms. The molecule has 0 aromatic carbocycles. The summed E-state index contributed by atoms with van der Waals surface area (Å²) in [6.45, 7) is 1.75. The van der Waals surface area contributed by atoms with Crippen molar-refractivity contribution in [2.24, 2.45) is 5.92 Å². The fraction of sp³-hybridized carbons (Fsp3) is 0.833. The Balaban J connectivity index is 1.77. The Morgan fingerprint density at radius 1 is 1.06 bits per heavy atom. The summed E-state index contributed by atoms with van der Waals surface area (Å²) in [5, 5.41) is 13.7. The van der Waals surface area contributed by atoms with E-state index < -0.39 is 11.9 Å². The summed E-state index contributed by atoms with van der Waals surface area (Å²) < 4.78 is 0. The molecule has 2 amide bonds. The lowest BCUT2D eigenvalue weighted by molar-refractivity contribution is -0.142. The largest absolute Gasteiger partial charge is 0.481 e. The van der Waals surface area contributed by atoms with Gasteiger partial charge in [-0.05, 0) is 25.7 Å². The number of hydrazine groups is 1. The first-order valence-electron chi connectivity index (χ1n) is 6.72. The molecular formula is C12H21N3O3. The van der Waals surface area contributed by atoms with Crippen LogP contribution in [-0.2, 0) is 4.79 Å². The van der Waals surface area contributed by atoms with Crippen molar-refractivity contribution in [3.05, 3.63) is 0 Å². The minimum absolute atomic E-state index is 0.229. The summed E-state index contributed by atoms with van der Waals surface area (Å²) in [6.07, 6.45) is 5.69. The first kappa shape index (κ1) is 13.1. The summed E-state index contributed by atoms with van der Waals surface area (Å²) in [5.41, 5.74) is 2.80. The standard InChI is InChI=1S/C12H21N3O3/c16-11(17)9-5-4-6-10(9)13-12(18)14-15-7-2-1-3-8-15/h9-10H,1-8H2,(H,16,17)(H2,13,14,18). The van der Waals surface area contributed by atoms with E-state index in [2.05, 4.69) is 10.7 Å². The predicted molar refractivity (Wildman–Crippen MR) is 65.9 cm³/mol. The van der Waals surface area contributed by atoms with Crippen LogP contribution in [0.4, 0.5) is 4.79 Å². The fourth-order valence-electron chi connectivity index (χ4n) is 2.78. The maximum atomic E-state index is 11.8. The molecule has 0 spiro atoms. The first-order chi connectivity index (χ1) is 8.66. The molecule has 1 aliphatic heterocycles. The number of carboxylic acid groups (broad SMARTS) is 1. The molecule has 2 unspecified atom stereocenters. The molecule has 2 atom stereocenters. The van der Waals surface area contributed by atoms with Crippen molar-refractivity contribution in [2.75, 3.05) is 13.1 Å². The molecule has 1 aliphatic carbocycles. The van der Waals surface area contributed by atoms with Gasteiger partial charge in [0.1, 0.15) is 0 Å². The molecule has 2 rings (SSSR count). The number of hydrogen-bond donors (Lipinski definition) is 3. The van der Waals surface area contributed by atoms with Gasteiger partial charge < -0.3 is 10.4 Å². The quantitative estimate of drug-likeness (QED) is 0.701. The molecule has 1 heterocycles. The van der Waals surface area contributed by atoms with Crippen molar-refractivity contribution >= 4 is 12.0 Å². The molecule has 6 nitrogen and oxygen atoms in total. The van der Waals surface area contributed by atoms with Gasteiger partial charge in [0.05, 0.1) is 5.92 Å². The molecule has 18 heavy (non-hydrogen) atoms. The number of piperidine rings is 1. The third-order valence-electron chi connectivity index (χ3n) is 3.77. The van der Waals surface area contributed by atoms with Gasteiger partial charge in [0.25, 0.3) is 0 Å². The highest BCUT2D eigenvalue weighted by atomic mass is 16.4. The lowest BCUT2D eigenvalue weighted by Gasteiger charge is -2.28. The van der Waals surface area contributed by atoms with Gasteiger partial charge >= 0.3 is 12.0 Å². The number of carbonyl (C=O) groups excluding carboxylic acids is 1. The molecule has 1 saturated carbocycles. The van der Waals surface area contributed by atoms with Crippen molar-refractivity contribution in [1.29, 1.82) is 0 Å². The number of carbonyl (C=O) groups is 2. The molecule has 0 aromatic heterocycles. The number of urea groups is 1. The van der Waals surface area contributed by atoms with E-state index in [-0.39, 0.29) is 12.1 Å². The summed E-state index contributed by atoms with van der Waals surface area (Å²) in [5.74, 6) is -1.24. The van der Waals surface area contributed by atoms with E-state index in [9.17, 15) is 9.59 Å². The normalized spacial score (nSPS) is 28.9. The topological polar surface area (TPSA) is 81.7 Å². The van der Waals surface area contributed by atoms with Crippen LogP contribution >= 0.6 is 0 Å². The second-order valence-electron chi connectivity index (χ2n) is 5.12. The third kappa shape index (κ3) is 3.35. The van der Waals surface area contributed by atoms with E-state index in [1.807, 2.05) is 5.01 Å². The average molecular weight is 255 g/mol. The van der Waals surface area contributed by atoms with Gasteiger partial charge in [-0.2, -0.15) is 0 Å². The Hall–Kier alpha value is -1.30. The summed E-state index contributed by atoms with van der Waals surface area (Å²) in [6, 6.07) is -0.498. The zero-order valence-electron chi connectivity index (χ0n) is 10.5. The molecule has 102 valence electrons. The molecule has 6 heteroatoms. The third-order valence-corrected chi connectivity index (χ3v) is 3.77. The fourth-order valence-corrected chi connectivity index (χ4v) is 2.78. The van der Waals surface area contributed by atoms with Crippen LogP contribution in [0.5, 0.6) is 0 Å². The lowest BCUT2D eigenvalue weighted by Crippen LogP contribution is -2.52. The monoisotopic (exact) mass is 255 g/mol. The number of amides is 2. The Morgan fingerprint density at radius 2 is 1.78 bits per heavy atom. The first-order valence-corrected chi connectivity index (χ1v) is 6.72. The molecule has 1 saturated heterocycles. The van der Waals surface area contributed by atoms with Crippen LogP contribution < -0.4 is 10.7 Å². The second-order valence-corrected chi connectivity index (χ2v) is 5.12. The van der Waals surface area contributed by atoms with E-state index in [0.29, 0.717) is 6.42 Å². The van der Waals surface area contributed by atoms with E-state index in [1.54, 1.807) is 0 Å². The highest BCUT2D eigenvalue weighted by Crippen LogP contribution is 2.25. The molecular weight excluding hydrogens is 234 g/mol. The smallest absolute Gasteiger partial charge is 0.329 e. The Kier molecular flexibility index (Phi) is 4.41. The summed E-state index contributed by atoms with van der Waals surface area (Å²) in [4.78, 5) is 22.8. The Morgan fingerprint density at radius 3 is 2.44 bits per heavy atom. The number of carboxylic acids is 1. The van der Waals surface area contributed by atoms with Crippen LogP contribution in [0, 0.1) is 5.92 Å². The Bertz CT molecular complexity index is 316. The number of hydrogen-bond acceptors (Lipinski definition) is 3. The van der Waals surface area contributed by atoms with E-state index in [0.717, 1.165) is 38.8 Å². The van der Waals surface area contributed by atoms with Crippen LogP contribution in [0.3, 0.4) is 0 Å². The van der Waals surface area contributed by atoms with Crippen LogP contribution in [0.1, 0.15) is 38.5 Å². The minimum atomic E-state index is -0.809. The number of nitrogens with zero attached hydrogens (tertiary/aromatic N) is 1. The van der Waals surface area contributed by atoms with Gasteiger partial charge in [-0.3, -0.25) is 10.2 Å². The zero-order chi connectivity index (χ0) is 13.0. The zero-order valence-corrected chi connectivity index (χ0v) is 10.5. The summed E-state index contributed by atoms with van der Waals surface area (Å²) in [7, 11) is 0. The van der Waals surface area contributed by atoms with E-state index in [4.69, 9.17) is 5.11 Å². The maximum absolute atomic E-state index is 11.8. The number of aliphatic carboxylic acids is 1. The van der Waals surface area contributed by atoms with Gasteiger partial charge in [0.2, 0.25) is 0 Å². The van der Waals surface area contributed by atoms with E-state index in [1.165, 1.54) is 6.42 Å². The van der Waals surface area contributed by atoms with Gasteiger partial charge in [-0.1, -0.05) is 12.8 Å². The van der Waals surface area contributed by atoms with Crippen molar-refractivity contribution in [3.8, 4) is 0 Å². The van der Waals surface area contributed by atoms with Gasteiger partial charge in [-0.25, -0.2) is 9.80 Å². The van der Waals surface area contributed by atoms with Crippen LogP contribution in [0.15, 0.2) is 0 Å². The van der Waals surface area contributed by atoms with Crippen LogP contribution in [0.2, 0.25) is 0 Å². The van der Waals surface area contributed by atoms with E-state index >= 15 is 0 Å². The Labute approximate surface area is 107 Å².